The highest BCUT2D eigenvalue weighted by Crippen LogP contribution is 2.49. The summed E-state index contributed by atoms with van der Waals surface area (Å²) in [4.78, 5) is 12.5. The van der Waals surface area contributed by atoms with Gasteiger partial charge in [-0.15, -0.1) is 0 Å². The van der Waals surface area contributed by atoms with E-state index in [1.807, 2.05) is 6.07 Å². The summed E-state index contributed by atoms with van der Waals surface area (Å²) in [6.07, 6.45) is 1.75. The maximum absolute atomic E-state index is 12.5. The van der Waals surface area contributed by atoms with Crippen LogP contribution in [0.15, 0.2) is 12.1 Å². The molecule has 1 fully saturated rings. The Bertz CT molecular complexity index is 575. The fourth-order valence-corrected chi connectivity index (χ4v) is 3.56. The van der Waals surface area contributed by atoms with Crippen LogP contribution in [0, 0.1) is 11.8 Å². The van der Waals surface area contributed by atoms with Crippen molar-refractivity contribution in [3.8, 4) is 17.2 Å². The lowest BCUT2D eigenvalue weighted by molar-refractivity contribution is -0.126. The van der Waals surface area contributed by atoms with Gasteiger partial charge in [0, 0.05) is 24.7 Å². The molecule has 3 atom stereocenters. The summed E-state index contributed by atoms with van der Waals surface area (Å²) < 4.78 is 21.4. The SMILES string of the molecule is COCNC(=O)C1CC(C)CC1c1cc(OC)cc(OC)c1OC. The first-order valence-corrected chi connectivity index (χ1v) is 8.12. The van der Waals surface area contributed by atoms with Gasteiger partial charge in [0.2, 0.25) is 5.91 Å². The summed E-state index contributed by atoms with van der Waals surface area (Å²) in [5.74, 6) is 2.37. The molecule has 0 aromatic heterocycles. The van der Waals surface area contributed by atoms with Crippen LogP contribution in [0.25, 0.3) is 0 Å². The van der Waals surface area contributed by atoms with Crippen LogP contribution in [0.4, 0.5) is 0 Å². The van der Waals surface area contributed by atoms with Gasteiger partial charge in [-0.1, -0.05) is 6.92 Å². The molecule has 1 aromatic rings. The van der Waals surface area contributed by atoms with E-state index < -0.39 is 0 Å². The normalized spacial score (nSPS) is 23.0. The van der Waals surface area contributed by atoms with E-state index in [0.717, 1.165) is 18.4 Å². The van der Waals surface area contributed by atoms with Crippen molar-refractivity contribution in [1.29, 1.82) is 0 Å². The number of amides is 1. The molecule has 0 saturated heterocycles. The van der Waals surface area contributed by atoms with Gasteiger partial charge in [-0.05, 0) is 30.7 Å². The molecule has 1 N–H and O–H groups in total. The van der Waals surface area contributed by atoms with Gasteiger partial charge < -0.3 is 24.3 Å². The number of rotatable bonds is 7. The molecule has 0 bridgehead atoms. The van der Waals surface area contributed by atoms with Crippen molar-refractivity contribution in [2.75, 3.05) is 35.2 Å². The highest BCUT2D eigenvalue weighted by molar-refractivity contribution is 5.80. The van der Waals surface area contributed by atoms with Gasteiger partial charge in [0.1, 0.15) is 12.5 Å². The number of ether oxygens (including phenoxy) is 4. The Labute approximate surface area is 143 Å². The van der Waals surface area contributed by atoms with Gasteiger partial charge >= 0.3 is 0 Å². The standard InChI is InChI=1S/C18H27NO5/c1-11-6-13(15(7-11)18(20)19-10-21-2)14-8-12(22-3)9-16(23-4)17(14)24-5/h8-9,11,13,15H,6-7,10H2,1-5H3,(H,19,20). The van der Waals surface area contributed by atoms with Gasteiger partial charge in [-0.3, -0.25) is 4.79 Å². The molecule has 1 aromatic carbocycles. The lowest BCUT2D eigenvalue weighted by Gasteiger charge is -2.23. The Morgan fingerprint density at radius 3 is 2.46 bits per heavy atom. The summed E-state index contributed by atoms with van der Waals surface area (Å²) in [5, 5.41) is 2.82. The van der Waals surface area contributed by atoms with Crippen molar-refractivity contribution in [2.24, 2.45) is 11.8 Å². The summed E-state index contributed by atoms with van der Waals surface area (Å²) in [6.45, 7) is 2.38. The quantitative estimate of drug-likeness (QED) is 0.775. The fourth-order valence-electron chi connectivity index (χ4n) is 3.56. The Kier molecular flexibility index (Phi) is 6.31. The largest absolute Gasteiger partial charge is 0.497 e. The number of nitrogens with one attached hydrogen (secondary N) is 1. The van der Waals surface area contributed by atoms with Gasteiger partial charge in [0.25, 0.3) is 0 Å². The predicted octanol–water partition coefficient (Wildman–Crippen LogP) is 2.56. The van der Waals surface area contributed by atoms with Crippen LogP contribution in [-0.4, -0.2) is 41.1 Å². The number of carbonyl (C=O) groups is 1. The maximum Gasteiger partial charge on any atom is 0.225 e. The minimum Gasteiger partial charge on any atom is -0.497 e. The first kappa shape index (κ1) is 18.4. The number of hydrogen-bond donors (Lipinski definition) is 1. The predicted molar refractivity (Wildman–Crippen MR) is 90.7 cm³/mol. The lowest BCUT2D eigenvalue weighted by atomic mass is 9.87. The second kappa shape index (κ2) is 8.24. The molecule has 1 aliphatic carbocycles. The topological polar surface area (TPSA) is 66.0 Å². The molecule has 0 aliphatic heterocycles. The van der Waals surface area contributed by atoms with E-state index >= 15 is 0 Å². The smallest absolute Gasteiger partial charge is 0.225 e. The van der Waals surface area contributed by atoms with E-state index in [1.165, 1.54) is 0 Å². The van der Waals surface area contributed by atoms with E-state index in [0.29, 0.717) is 23.2 Å². The van der Waals surface area contributed by atoms with E-state index in [-0.39, 0.29) is 24.5 Å². The monoisotopic (exact) mass is 337 g/mol. The van der Waals surface area contributed by atoms with Crippen LogP contribution < -0.4 is 19.5 Å². The van der Waals surface area contributed by atoms with Crippen LogP contribution in [0.1, 0.15) is 31.2 Å². The van der Waals surface area contributed by atoms with Gasteiger partial charge in [0.05, 0.1) is 21.3 Å². The Morgan fingerprint density at radius 2 is 1.88 bits per heavy atom. The van der Waals surface area contributed by atoms with Crippen molar-refractivity contribution in [2.45, 2.75) is 25.7 Å². The molecule has 1 aliphatic rings. The lowest BCUT2D eigenvalue weighted by Crippen LogP contribution is -2.33. The first-order valence-electron chi connectivity index (χ1n) is 8.12. The Hall–Kier alpha value is -1.95. The van der Waals surface area contributed by atoms with E-state index in [4.69, 9.17) is 18.9 Å². The molecule has 6 nitrogen and oxygen atoms in total. The van der Waals surface area contributed by atoms with Crippen LogP contribution in [-0.2, 0) is 9.53 Å². The Morgan fingerprint density at radius 1 is 1.12 bits per heavy atom. The zero-order valence-corrected chi connectivity index (χ0v) is 15.0. The first-order chi connectivity index (χ1) is 11.5. The average molecular weight is 337 g/mol. The molecular weight excluding hydrogens is 310 g/mol. The van der Waals surface area contributed by atoms with Crippen LogP contribution in [0.3, 0.4) is 0 Å². The minimum absolute atomic E-state index is 0.00930. The highest BCUT2D eigenvalue weighted by atomic mass is 16.5. The van der Waals surface area contributed by atoms with E-state index in [9.17, 15) is 4.79 Å². The van der Waals surface area contributed by atoms with Crippen LogP contribution >= 0.6 is 0 Å². The second-order valence-electron chi connectivity index (χ2n) is 6.22. The van der Waals surface area contributed by atoms with Crippen LogP contribution in [0.5, 0.6) is 17.2 Å². The molecule has 2 rings (SSSR count). The number of benzene rings is 1. The molecule has 1 saturated carbocycles. The maximum atomic E-state index is 12.5. The third-order valence-corrected chi connectivity index (χ3v) is 4.64. The van der Waals surface area contributed by atoms with E-state index in [1.54, 1.807) is 34.5 Å². The van der Waals surface area contributed by atoms with Crippen LogP contribution in [0.2, 0.25) is 0 Å². The average Bonchev–Trinajstić information content (AvgIpc) is 2.99. The van der Waals surface area contributed by atoms with Crippen molar-refractivity contribution in [3.05, 3.63) is 17.7 Å². The molecule has 24 heavy (non-hydrogen) atoms. The summed E-state index contributed by atoms with van der Waals surface area (Å²) in [5.41, 5.74) is 0.954. The zero-order chi connectivity index (χ0) is 17.7. The molecule has 134 valence electrons. The summed E-state index contributed by atoms with van der Waals surface area (Å²) in [6, 6.07) is 3.74. The molecule has 0 heterocycles. The molecule has 0 radical (unpaired) electrons. The second-order valence-corrected chi connectivity index (χ2v) is 6.22. The van der Waals surface area contributed by atoms with Crippen molar-refractivity contribution in [3.63, 3.8) is 0 Å². The Balaban J connectivity index is 2.41. The van der Waals surface area contributed by atoms with E-state index in [2.05, 4.69) is 12.2 Å². The fraction of sp³-hybridized carbons (Fsp3) is 0.611. The molecule has 1 amide bonds. The molecular formula is C18H27NO5. The van der Waals surface area contributed by atoms with Crippen molar-refractivity contribution >= 4 is 5.91 Å². The number of methoxy groups -OCH3 is 4. The minimum atomic E-state index is -0.124. The third-order valence-electron chi connectivity index (χ3n) is 4.64. The summed E-state index contributed by atoms with van der Waals surface area (Å²) >= 11 is 0. The molecule has 0 spiro atoms. The molecule has 6 heteroatoms. The van der Waals surface area contributed by atoms with Crippen molar-refractivity contribution in [1.82, 2.24) is 5.32 Å². The molecule has 3 unspecified atom stereocenters. The van der Waals surface area contributed by atoms with Gasteiger partial charge in [-0.25, -0.2) is 0 Å². The number of carbonyl (C=O) groups excluding carboxylic acids is 1. The van der Waals surface area contributed by atoms with Crippen molar-refractivity contribution < 1.29 is 23.7 Å². The van der Waals surface area contributed by atoms with Gasteiger partial charge in [-0.2, -0.15) is 0 Å². The highest BCUT2D eigenvalue weighted by Gasteiger charge is 2.39. The number of hydrogen-bond acceptors (Lipinski definition) is 5. The van der Waals surface area contributed by atoms with Gasteiger partial charge in [0.15, 0.2) is 11.5 Å². The summed E-state index contributed by atoms with van der Waals surface area (Å²) in [7, 11) is 6.39. The zero-order valence-electron chi connectivity index (χ0n) is 15.0. The third kappa shape index (κ3) is 3.75.